The molecule has 1 aromatic heterocycles. The Labute approximate surface area is 143 Å². The van der Waals surface area contributed by atoms with Crippen molar-refractivity contribution in [3.05, 3.63) is 17.2 Å². The summed E-state index contributed by atoms with van der Waals surface area (Å²) in [5.41, 5.74) is 1.30. The van der Waals surface area contributed by atoms with Crippen molar-refractivity contribution in [2.24, 2.45) is 0 Å². The lowest BCUT2D eigenvalue weighted by atomic mass is 10.1. The van der Waals surface area contributed by atoms with E-state index in [0.717, 1.165) is 44.5 Å². The topological polar surface area (TPSA) is 79.3 Å². The first-order valence-corrected chi connectivity index (χ1v) is 8.77. The average Bonchev–Trinajstić information content (AvgIpc) is 2.94. The van der Waals surface area contributed by atoms with E-state index in [9.17, 15) is 9.59 Å². The smallest absolute Gasteiger partial charge is 0.287 e. The van der Waals surface area contributed by atoms with Gasteiger partial charge in [0.2, 0.25) is 0 Å². The Morgan fingerprint density at radius 2 is 2.04 bits per heavy atom. The van der Waals surface area contributed by atoms with Crippen LogP contribution in [0.2, 0.25) is 0 Å². The number of fused-ring (bicyclic) bond motifs is 1. The van der Waals surface area contributed by atoms with Crippen LogP contribution in [0, 0.1) is 0 Å². The lowest BCUT2D eigenvalue weighted by Gasteiger charge is -2.17. The fraction of sp³-hybridized carbons (Fsp3) is 0.706. The van der Waals surface area contributed by atoms with E-state index in [0.29, 0.717) is 18.1 Å². The Morgan fingerprint density at radius 1 is 1.29 bits per heavy atom. The van der Waals surface area contributed by atoms with Gasteiger partial charge in [-0.25, -0.2) is 4.98 Å². The fourth-order valence-corrected chi connectivity index (χ4v) is 2.76. The molecule has 134 valence electrons. The maximum absolute atomic E-state index is 12.5. The normalized spacial score (nSPS) is 15.0. The highest BCUT2D eigenvalue weighted by Crippen LogP contribution is 2.21. The molecule has 0 saturated heterocycles. The van der Waals surface area contributed by atoms with E-state index in [4.69, 9.17) is 0 Å². The molecule has 24 heavy (non-hydrogen) atoms. The summed E-state index contributed by atoms with van der Waals surface area (Å²) < 4.78 is 1.92. The van der Waals surface area contributed by atoms with E-state index in [1.165, 1.54) is 0 Å². The van der Waals surface area contributed by atoms with Crippen molar-refractivity contribution in [2.45, 2.75) is 52.1 Å². The van der Waals surface area contributed by atoms with Crippen molar-refractivity contribution in [3.63, 3.8) is 0 Å². The van der Waals surface area contributed by atoms with Crippen LogP contribution in [-0.4, -0.2) is 59.5 Å². The van der Waals surface area contributed by atoms with Crippen LogP contribution in [0.3, 0.4) is 0 Å². The van der Waals surface area contributed by atoms with Crippen LogP contribution < -0.4 is 10.6 Å². The van der Waals surface area contributed by atoms with Crippen molar-refractivity contribution in [2.75, 3.05) is 27.2 Å². The Hall–Kier alpha value is -1.89. The van der Waals surface area contributed by atoms with E-state index >= 15 is 0 Å². The van der Waals surface area contributed by atoms with Crippen LogP contribution in [0.4, 0.5) is 0 Å². The second-order valence-electron chi connectivity index (χ2n) is 6.68. The van der Waals surface area contributed by atoms with Gasteiger partial charge in [0.1, 0.15) is 5.69 Å². The molecule has 0 bridgehead atoms. The molecule has 2 heterocycles. The SMILES string of the molecule is CCC(C)NC(=O)c1nc(C(=O)NCCN(C)C)n2c1CCCC2. The third-order valence-corrected chi connectivity index (χ3v) is 4.37. The molecular weight excluding hydrogens is 306 g/mol. The van der Waals surface area contributed by atoms with E-state index in [-0.39, 0.29) is 17.9 Å². The molecule has 2 rings (SSSR count). The van der Waals surface area contributed by atoms with Gasteiger partial charge in [0.15, 0.2) is 5.82 Å². The number of amides is 2. The fourth-order valence-electron chi connectivity index (χ4n) is 2.76. The maximum Gasteiger partial charge on any atom is 0.287 e. The zero-order valence-corrected chi connectivity index (χ0v) is 15.2. The van der Waals surface area contributed by atoms with Crippen LogP contribution in [-0.2, 0) is 13.0 Å². The number of nitrogens with zero attached hydrogens (tertiary/aromatic N) is 3. The van der Waals surface area contributed by atoms with Gasteiger partial charge in [-0.05, 0) is 46.7 Å². The second-order valence-corrected chi connectivity index (χ2v) is 6.68. The van der Waals surface area contributed by atoms with Gasteiger partial charge in [0.05, 0.1) is 5.69 Å². The number of hydrogen-bond acceptors (Lipinski definition) is 4. The van der Waals surface area contributed by atoms with E-state index in [2.05, 4.69) is 15.6 Å². The second kappa shape index (κ2) is 8.28. The van der Waals surface area contributed by atoms with Crippen molar-refractivity contribution in [1.29, 1.82) is 0 Å². The minimum absolute atomic E-state index is 0.0933. The van der Waals surface area contributed by atoms with E-state index < -0.39 is 0 Å². The Morgan fingerprint density at radius 3 is 2.71 bits per heavy atom. The Balaban J connectivity index is 2.20. The number of likely N-dealkylation sites (N-methyl/N-ethyl adjacent to an activating group) is 1. The molecule has 2 N–H and O–H groups in total. The van der Waals surface area contributed by atoms with Crippen LogP contribution in [0.15, 0.2) is 0 Å². The molecule has 1 aromatic rings. The minimum Gasteiger partial charge on any atom is -0.348 e. The summed E-state index contributed by atoms with van der Waals surface area (Å²) in [5, 5.41) is 5.84. The quantitative estimate of drug-likeness (QED) is 0.780. The van der Waals surface area contributed by atoms with E-state index in [1.54, 1.807) is 0 Å². The van der Waals surface area contributed by atoms with Crippen molar-refractivity contribution >= 4 is 11.8 Å². The average molecular weight is 335 g/mol. The summed E-state index contributed by atoms with van der Waals surface area (Å²) in [7, 11) is 3.92. The van der Waals surface area contributed by atoms with Gasteiger partial charge in [0, 0.05) is 25.7 Å². The summed E-state index contributed by atoms with van der Waals surface area (Å²) in [6.45, 7) is 6.06. The van der Waals surface area contributed by atoms with Crippen molar-refractivity contribution < 1.29 is 9.59 Å². The molecule has 2 amide bonds. The largest absolute Gasteiger partial charge is 0.348 e. The predicted octanol–water partition coefficient (Wildman–Crippen LogP) is 1.04. The van der Waals surface area contributed by atoms with Gasteiger partial charge in [-0.2, -0.15) is 0 Å². The van der Waals surface area contributed by atoms with Crippen LogP contribution in [0.1, 0.15) is 59.9 Å². The first-order valence-electron chi connectivity index (χ1n) is 8.77. The predicted molar refractivity (Wildman–Crippen MR) is 93.3 cm³/mol. The first-order chi connectivity index (χ1) is 11.4. The zero-order chi connectivity index (χ0) is 17.7. The monoisotopic (exact) mass is 335 g/mol. The van der Waals surface area contributed by atoms with Crippen LogP contribution >= 0.6 is 0 Å². The summed E-state index contributed by atoms with van der Waals surface area (Å²) >= 11 is 0. The molecule has 1 atom stereocenters. The maximum atomic E-state index is 12.5. The summed E-state index contributed by atoms with van der Waals surface area (Å²) in [5.74, 6) is -0.0253. The number of aromatic nitrogens is 2. The number of carbonyl (C=O) groups excluding carboxylic acids is 2. The van der Waals surface area contributed by atoms with Gasteiger partial charge >= 0.3 is 0 Å². The molecule has 7 heteroatoms. The molecular formula is C17H29N5O2. The lowest BCUT2D eigenvalue weighted by molar-refractivity contribution is 0.0932. The number of rotatable bonds is 7. The minimum atomic E-state index is -0.206. The Kier molecular flexibility index (Phi) is 6.36. The molecule has 1 aliphatic heterocycles. The lowest BCUT2D eigenvalue weighted by Crippen LogP contribution is -2.33. The number of carbonyl (C=O) groups is 2. The van der Waals surface area contributed by atoms with Gasteiger partial charge in [0.25, 0.3) is 11.8 Å². The third kappa shape index (κ3) is 4.35. The standard InChI is InChI=1S/C17H29N5O2/c1-5-12(2)19-16(23)14-13-8-6-7-10-22(13)15(20-14)17(24)18-9-11-21(3)4/h12H,5-11H2,1-4H3,(H,18,24)(H,19,23). The molecule has 7 nitrogen and oxygen atoms in total. The molecule has 0 aliphatic carbocycles. The third-order valence-electron chi connectivity index (χ3n) is 4.37. The highest BCUT2D eigenvalue weighted by Gasteiger charge is 2.27. The summed E-state index contributed by atoms with van der Waals surface area (Å²) in [6, 6.07) is 0.0933. The van der Waals surface area contributed by atoms with Gasteiger partial charge in [-0.3, -0.25) is 9.59 Å². The van der Waals surface area contributed by atoms with E-state index in [1.807, 2.05) is 37.4 Å². The molecule has 0 spiro atoms. The first kappa shape index (κ1) is 18.4. The van der Waals surface area contributed by atoms with Crippen molar-refractivity contribution in [3.8, 4) is 0 Å². The zero-order valence-electron chi connectivity index (χ0n) is 15.2. The highest BCUT2D eigenvalue weighted by atomic mass is 16.2. The molecule has 1 unspecified atom stereocenters. The summed E-state index contributed by atoms with van der Waals surface area (Å²) in [4.78, 5) is 31.4. The molecule has 1 aliphatic rings. The number of nitrogens with one attached hydrogen (secondary N) is 2. The Bertz CT molecular complexity index is 594. The van der Waals surface area contributed by atoms with Gasteiger partial charge in [-0.1, -0.05) is 6.92 Å². The number of imidazole rings is 1. The molecule has 0 radical (unpaired) electrons. The summed E-state index contributed by atoms with van der Waals surface area (Å²) in [6.07, 6.45) is 3.69. The molecule has 0 saturated carbocycles. The van der Waals surface area contributed by atoms with Gasteiger partial charge in [-0.15, -0.1) is 0 Å². The van der Waals surface area contributed by atoms with Crippen LogP contribution in [0.5, 0.6) is 0 Å². The highest BCUT2D eigenvalue weighted by molar-refractivity contribution is 5.97. The van der Waals surface area contributed by atoms with Crippen LogP contribution in [0.25, 0.3) is 0 Å². The van der Waals surface area contributed by atoms with Gasteiger partial charge < -0.3 is 20.1 Å². The molecule has 0 aromatic carbocycles. The molecule has 0 fully saturated rings. The number of hydrogen-bond donors (Lipinski definition) is 2. The van der Waals surface area contributed by atoms with Crippen molar-refractivity contribution in [1.82, 2.24) is 25.1 Å².